The molecule has 3 aromatic rings. The first-order chi connectivity index (χ1) is 11.0. The van der Waals surface area contributed by atoms with Gasteiger partial charge in [-0.2, -0.15) is 10.2 Å². The summed E-state index contributed by atoms with van der Waals surface area (Å²) in [7, 11) is 1.87. The van der Waals surface area contributed by atoms with E-state index in [1.807, 2.05) is 27.0 Å². The van der Waals surface area contributed by atoms with E-state index in [9.17, 15) is 4.79 Å². The molecule has 0 saturated heterocycles. The fraction of sp³-hybridized carbons (Fsp3) is 0.286. The minimum atomic E-state index is -0.182. The molecule has 0 fully saturated rings. The number of nitrogens with one attached hydrogen (secondary N) is 2. The lowest BCUT2D eigenvalue weighted by atomic mass is 10.3. The maximum absolute atomic E-state index is 12.2. The van der Waals surface area contributed by atoms with Gasteiger partial charge in [0.05, 0.1) is 12.4 Å². The zero-order valence-corrected chi connectivity index (χ0v) is 13.8. The number of amides is 1. The molecule has 8 nitrogen and oxygen atoms in total. The molecule has 0 aliphatic rings. The van der Waals surface area contributed by atoms with Crippen LogP contribution in [0, 0.1) is 0 Å². The summed E-state index contributed by atoms with van der Waals surface area (Å²) in [5.41, 5.74) is 0.964. The SMILES string of the molecule is CC(C)NC(=O)c1cnn2ccc(NSc3ccnn3C)nc12. The largest absolute Gasteiger partial charge is 0.350 e. The van der Waals surface area contributed by atoms with Gasteiger partial charge in [0.1, 0.15) is 16.4 Å². The van der Waals surface area contributed by atoms with Crippen LogP contribution in [0.15, 0.2) is 35.7 Å². The van der Waals surface area contributed by atoms with Gasteiger partial charge in [0.25, 0.3) is 5.91 Å². The van der Waals surface area contributed by atoms with Crippen molar-refractivity contribution in [2.75, 3.05) is 4.72 Å². The third-order valence-electron chi connectivity index (χ3n) is 3.07. The summed E-state index contributed by atoms with van der Waals surface area (Å²) in [5.74, 6) is 0.460. The van der Waals surface area contributed by atoms with E-state index in [-0.39, 0.29) is 11.9 Å². The van der Waals surface area contributed by atoms with Gasteiger partial charge in [-0.25, -0.2) is 9.50 Å². The summed E-state index contributed by atoms with van der Waals surface area (Å²) >= 11 is 1.40. The van der Waals surface area contributed by atoms with E-state index >= 15 is 0 Å². The van der Waals surface area contributed by atoms with Crippen molar-refractivity contribution in [2.45, 2.75) is 24.9 Å². The number of carbonyl (C=O) groups excluding carboxylic acids is 1. The Hall–Kier alpha value is -2.55. The minimum Gasteiger partial charge on any atom is -0.350 e. The van der Waals surface area contributed by atoms with E-state index < -0.39 is 0 Å². The van der Waals surface area contributed by atoms with Gasteiger partial charge in [-0.05, 0) is 26.0 Å². The summed E-state index contributed by atoms with van der Waals surface area (Å²) in [6.07, 6.45) is 5.02. The molecule has 2 N–H and O–H groups in total. The highest BCUT2D eigenvalue weighted by atomic mass is 32.2. The molecule has 0 bridgehead atoms. The average Bonchev–Trinajstić information content (AvgIpc) is 3.10. The molecule has 3 rings (SSSR count). The van der Waals surface area contributed by atoms with Crippen LogP contribution in [0.1, 0.15) is 24.2 Å². The van der Waals surface area contributed by atoms with Gasteiger partial charge in [0, 0.05) is 31.2 Å². The lowest BCUT2D eigenvalue weighted by Gasteiger charge is -2.07. The summed E-state index contributed by atoms with van der Waals surface area (Å²) in [6.45, 7) is 3.82. The summed E-state index contributed by atoms with van der Waals surface area (Å²) < 4.78 is 6.49. The van der Waals surface area contributed by atoms with Gasteiger partial charge in [0.15, 0.2) is 5.65 Å². The Kier molecular flexibility index (Phi) is 4.20. The first-order valence-electron chi connectivity index (χ1n) is 7.10. The van der Waals surface area contributed by atoms with Crippen LogP contribution in [-0.2, 0) is 7.05 Å². The van der Waals surface area contributed by atoms with Gasteiger partial charge in [-0.3, -0.25) is 9.48 Å². The quantitative estimate of drug-likeness (QED) is 0.692. The molecule has 3 heterocycles. The number of rotatable bonds is 5. The number of aromatic nitrogens is 5. The van der Waals surface area contributed by atoms with Crippen molar-refractivity contribution in [3.8, 4) is 0 Å². The third-order valence-corrected chi connectivity index (χ3v) is 3.99. The van der Waals surface area contributed by atoms with Crippen LogP contribution < -0.4 is 10.0 Å². The van der Waals surface area contributed by atoms with E-state index in [0.717, 1.165) is 5.03 Å². The van der Waals surface area contributed by atoms with Crippen LogP contribution in [0.2, 0.25) is 0 Å². The second kappa shape index (κ2) is 6.29. The van der Waals surface area contributed by atoms with Crippen molar-refractivity contribution in [3.05, 3.63) is 36.3 Å². The Morgan fingerprint density at radius 1 is 1.30 bits per heavy atom. The molecule has 0 aliphatic carbocycles. The van der Waals surface area contributed by atoms with Gasteiger partial charge in [0.2, 0.25) is 0 Å². The lowest BCUT2D eigenvalue weighted by Crippen LogP contribution is -2.30. The van der Waals surface area contributed by atoms with Crippen LogP contribution in [0.25, 0.3) is 5.65 Å². The molecule has 0 saturated carbocycles. The summed E-state index contributed by atoms with van der Waals surface area (Å²) in [6, 6.07) is 3.75. The molecule has 23 heavy (non-hydrogen) atoms. The van der Waals surface area contributed by atoms with E-state index in [0.29, 0.717) is 17.0 Å². The molecular formula is C14H17N7OS. The first-order valence-corrected chi connectivity index (χ1v) is 7.92. The molecule has 1 amide bonds. The van der Waals surface area contributed by atoms with Crippen molar-refractivity contribution >= 4 is 29.3 Å². The van der Waals surface area contributed by atoms with Gasteiger partial charge in [-0.1, -0.05) is 0 Å². The number of hydrogen-bond acceptors (Lipinski definition) is 6. The van der Waals surface area contributed by atoms with E-state index in [1.54, 1.807) is 27.7 Å². The maximum atomic E-state index is 12.2. The number of carbonyl (C=O) groups is 1. The Bertz CT molecular complexity index is 839. The molecule has 3 aromatic heterocycles. The smallest absolute Gasteiger partial charge is 0.256 e. The van der Waals surface area contributed by atoms with E-state index in [4.69, 9.17) is 0 Å². The zero-order chi connectivity index (χ0) is 16.4. The van der Waals surface area contributed by atoms with Crippen molar-refractivity contribution in [1.82, 2.24) is 29.7 Å². The second-order valence-electron chi connectivity index (χ2n) is 5.26. The summed E-state index contributed by atoms with van der Waals surface area (Å²) in [4.78, 5) is 16.7. The second-order valence-corrected chi connectivity index (χ2v) is 6.09. The molecule has 9 heteroatoms. The van der Waals surface area contributed by atoms with E-state index in [2.05, 4.69) is 25.2 Å². The topological polar surface area (TPSA) is 89.1 Å². The van der Waals surface area contributed by atoms with Crippen LogP contribution in [0.4, 0.5) is 5.82 Å². The molecule has 0 unspecified atom stereocenters. The molecular weight excluding hydrogens is 314 g/mol. The normalized spacial score (nSPS) is 11.1. The van der Waals surface area contributed by atoms with Crippen LogP contribution in [0.5, 0.6) is 0 Å². The van der Waals surface area contributed by atoms with Crippen LogP contribution in [0.3, 0.4) is 0 Å². The number of fused-ring (bicyclic) bond motifs is 1. The Balaban J connectivity index is 1.83. The molecule has 0 spiro atoms. The number of hydrogen-bond donors (Lipinski definition) is 2. The van der Waals surface area contributed by atoms with Crippen LogP contribution >= 0.6 is 11.9 Å². The average molecular weight is 331 g/mol. The number of aryl methyl sites for hydroxylation is 1. The van der Waals surface area contributed by atoms with Gasteiger partial charge >= 0.3 is 0 Å². The Labute approximate surface area is 137 Å². The van der Waals surface area contributed by atoms with Gasteiger partial charge < -0.3 is 10.0 Å². The monoisotopic (exact) mass is 331 g/mol. The summed E-state index contributed by atoms with van der Waals surface area (Å²) in [5, 5.41) is 12.1. The highest BCUT2D eigenvalue weighted by molar-refractivity contribution is 8.00. The van der Waals surface area contributed by atoms with Crippen molar-refractivity contribution in [3.63, 3.8) is 0 Å². The number of anilines is 1. The van der Waals surface area contributed by atoms with Crippen molar-refractivity contribution in [1.29, 1.82) is 0 Å². The Morgan fingerprint density at radius 3 is 2.83 bits per heavy atom. The molecule has 120 valence electrons. The van der Waals surface area contributed by atoms with Crippen molar-refractivity contribution in [2.24, 2.45) is 7.05 Å². The molecule has 0 radical (unpaired) electrons. The van der Waals surface area contributed by atoms with Gasteiger partial charge in [-0.15, -0.1) is 0 Å². The number of nitrogens with zero attached hydrogens (tertiary/aromatic N) is 5. The zero-order valence-electron chi connectivity index (χ0n) is 13.0. The molecule has 0 aliphatic heterocycles. The fourth-order valence-electron chi connectivity index (χ4n) is 1.99. The fourth-order valence-corrected chi connectivity index (χ4v) is 2.62. The maximum Gasteiger partial charge on any atom is 0.256 e. The Morgan fingerprint density at radius 2 is 2.13 bits per heavy atom. The predicted molar refractivity (Wildman–Crippen MR) is 88.3 cm³/mol. The predicted octanol–water partition coefficient (Wildman–Crippen LogP) is 1.72. The highest BCUT2D eigenvalue weighted by Gasteiger charge is 2.15. The third kappa shape index (κ3) is 3.29. The van der Waals surface area contributed by atoms with E-state index in [1.165, 1.54) is 18.1 Å². The highest BCUT2D eigenvalue weighted by Crippen LogP contribution is 2.20. The van der Waals surface area contributed by atoms with Crippen LogP contribution in [-0.4, -0.2) is 36.3 Å². The first kappa shape index (κ1) is 15.3. The van der Waals surface area contributed by atoms with Crippen molar-refractivity contribution < 1.29 is 4.79 Å². The molecule has 0 aromatic carbocycles. The minimum absolute atomic E-state index is 0.0548. The standard InChI is InChI=1S/C14H17N7OS/c1-9(2)17-14(22)10-8-16-21-7-5-11(18-13(10)21)19-23-12-4-6-15-20(12)3/h4-9H,1-3H3,(H,17,22)(H,18,19). The lowest BCUT2D eigenvalue weighted by molar-refractivity contribution is 0.0944. The molecule has 0 atom stereocenters.